The quantitative estimate of drug-likeness (QED) is 0.276. The van der Waals surface area contributed by atoms with Crippen LogP contribution < -0.4 is 56.5 Å². The third-order valence-corrected chi connectivity index (χ3v) is 0. The van der Waals surface area contributed by atoms with Gasteiger partial charge in [-0.2, -0.15) is 0 Å². The Balaban J connectivity index is 0. The van der Waals surface area contributed by atoms with Gasteiger partial charge in [-0.3, -0.25) is 0 Å². The van der Waals surface area contributed by atoms with E-state index in [9.17, 15) is 0 Å². The van der Waals surface area contributed by atoms with Gasteiger partial charge in [-0.05, 0) is 0 Å². The van der Waals surface area contributed by atoms with Crippen molar-refractivity contribution in [3.05, 3.63) is 0 Å². The van der Waals surface area contributed by atoms with Gasteiger partial charge in [-0.15, -0.1) is 0 Å². The molecule has 0 N–H and O–H groups in total. The van der Waals surface area contributed by atoms with Crippen LogP contribution in [0.2, 0.25) is 0 Å². The molecule has 0 spiro atoms. The Morgan fingerprint density at radius 2 is 1.75 bits per heavy atom. The molecule has 0 unspecified atom stereocenters. The Bertz CT molecular complexity index is 13.5. The minimum Gasteiger partial charge on any atom is -0.543 e. The van der Waals surface area contributed by atoms with Gasteiger partial charge >= 0.3 is 51.4 Å². The zero-order chi connectivity index (χ0) is 2.71. The normalized spacial score (nSPS) is 3.00. The minimum absolute atomic E-state index is 0. The van der Waals surface area contributed by atoms with E-state index in [1.807, 2.05) is 0 Å². The van der Waals surface area contributed by atoms with Crippen molar-refractivity contribution in [1.29, 1.82) is 0 Å². The molecule has 3 heteroatoms. The van der Waals surface area contributed by atoms with Crippen LogP contribution in [0, 0.1) is 0 Å². The molecule has 0 aliphatic carbocycles. The van der Waals surface area contributed by atoms with Crippen LogP contribution in [0.25, 0.3) is 0 Å². The average molecular weight is 83.1 g/mol. The second-order valence-corrected chi connectivity index (χ2v) is 0.0833. The first-order valence-corrected chi connectivity index (χ1v) is 0.408. The number of hydrogen-bond donors (Lipinski definition) is 0. The van der Waals surface area contributed by atoms with Crippen molar-refractivity contribution >= 4 is 6.47 Å². The summed E-state index contributed by atoms with van der Waals surface area (Å²) in [6.45, 7) is 0.250. The maximum atomic E-state index is 8.12. The summed E-state index contributed by atoms with van der Waals surface area (Å²) in [5.74, 6) is 0. The summed E-state index contributed by atoms with van der Waals surface area (Å²) in [4.78, 5) is 8.12. The molecule has 2 nitrogen and oxygen atoms in total. The minimum atomic E-state index is 0. The van der Waals surface area contributed by atoms with Crippen molar-refractivity contribution in [1.82, 2.24) is 0 Å². The van der Waals surface area contributed by atoms with Crippen molar-refractivity contribution in [2.75, 3.05) is 0 Å². The van der Waals surface area contributed by atoms with Gasteiger partial charge in [0, 0.05) is 0 Å². The molecule has 0 rings (SSSR count). The first kappa shape index (κ1) is 8.92. The van der Waals surface area contributed by atoms with Crippen molar-refractivity contribution in [2.45, 2.75) is 0 Å². The molecule has 0 atom stereocenters. The zero-order valence-corrected chi connectivity index (χ0v) is 5.44. The molecule has 0 aromatic heterocycles. The Kier molecular flexibility index (Phi) is 19.9. The first-order chi connectivity index (χ1) is 1.41. The van der Waals surface area contributed by atoms with E-state index in [4.69, 9.17) is 9.90 Å². The van der Waals surface area contributed by atoms with Crippen molar-refractivity contribution in [3.63, 3.8) is 0 Å². The second-order valence-electron chi connectivity index (χ2n) is 0.0833. The summed E-state index contributed by atoms with van der Waals surface area (Å²) in [7, 11) is 0. The maximum Gasteiger partial charge on any atom is 1.00 e. The van der Waals surface area contributed by atoms with E-state index in [1.165, 1.54) is 0 Å². The third kappa shape index (κ3) is 11.3. The molecular formula is CKO2. The molecule has 0 heterocycles. The van der Waals surface area contributed by atoms with Crippen molar-refractivity contribution in [2.24, 2.45) is 0 Å². The summed E-state index contributed by atoms with van der Waals surface area (Å²) in [5.41, 5.74) is 0. The molecule has 17 valence electrons. The van der Waals surface area contributed by atoms with Gasteiger partial charge in [0.2, 0.25) is 0 Å². The summed E-state index contributed by atoms with van der Waals surface area (Å²) in [6, 6.07) is 0. The maximum absolute atomic E-state index is 8.12. The Labute approximate surface area is 66.6 Å². The van der Waals surface area contributed by atoms with Gasteiger partial charge in [0.15, 0.2) is 0 Å². The number of hydrogen-bond acceptors (Lipinski definition) is 2. The molecule has 0 amide bonds. The van der Waals surface area contributed by atoms with Crippen LogP contribution in [-0.2, 0) is 4.79 Å². The standard InChI is InChI=1S/CO2.K/c2-1-3;/q-1;+1. The fourth-order valence-corrected chi connectivity index (χ4v) is 0. The van der Waals surface area contributed by atoms with Crippen LogP contribution in [0.5, 0.6) is 0 Å². The Morgan fingerprint density at radius 1 is 1.75 bits per heavy atom. The fourth-order valence-electron chi connectivity index (χ4n) is 0. The molecule has 0 fully saturated rings. The van der Waals surface area contributed by atoms with Crippen molar-refractivity contribution in [3.8, 4) is 0 Å². The SMILES string of the molecule is O=[C][O-].[K+]. The summed E-state index contributed by atoms with van der Waals surface area (Å²) < 4.78 is 0. The van der Waals surface area contributed by atoms with E-state index in [2.05, 4.69) is 0 Å². The van der Waals surface area contributed by atoms with E-state index < -0.39 is 0 Å². The van der Waals surface area contributed by atoms with Gasteiger partial charge in [0.05, 0.1) is 6.47 Å². The molecule has 0 aromatic rings. The predicted octanol–water partition coefficient (Wildman–Crippen LogP) is -4.72. The monoisotopic (exact) mass is 83.0 g/mol. The van der Waals surface area contributed by atoms with E-state index >= 15 is 0 Å². The molecule has 4 heavy (non-hydrogen) atoms. The van der Waals surface area contributed by atoms with Crippen LogP contribution in [0.4, 0.5) is 0 Å². The van der Waals surface area contributed by atoms with Crippen LogP contribution in [0.15, 0.2) is 0 Å². The molecule has 0 saturated carbocycles. The molecule has 0 aliphatic heterocycles. The third-order valence-electron chi connectivity index (χ3n) is 0. The molecule has 0 saturated heterocycles. The molecule has 0 bridgehead atoms. The van der Waals surface area contributed by atoms with E-state index in [1.54, 1.807) is 0 Å². The number of carbonyl (C=O) groups excluding carboxylic acids is 1. The summed E-state index contributed by atoms with van der Waals surface area (Å²) >= 11 is 0. The fraction of sp³-hybridized carbons (Fsp3) is 0. The average Bonchev–Trinajstić information content (AvgIpc) is 0.918. The van der Waals surface area contributed by atoms with E-state index in [0.29, 0.717) is 0 Å². The largest absolute Gasteiger partial charge is 1.00 e. The molecule has 0 aromatic carbocycles. The van der Waals surface area contributed by atoms with E-state index in [-0.39, 0.29) is 57.9 Å². The van der Waals surface area contributed by atoms with Gasteiger partial charge in [0.1, 0.15) is 0 Å². The second kappa shape index (κ2) is 8.93. The molecule has 0 aliphatic rings. The molecule has 1 radical (unpaired) electrons. The summed E-state index contributed by atoms with van der Waals surface area (Å²) in [6.07, 6.45) is 0. The Morgan fingerprint density at radius 3 is 1.75 bits per heavy atom. The molecular weight excluding hydrogens is 83.1 g/mol. The van der Waals surface area contributed by atoms with Gasteiger partial charge in [-0.25, -0.2) is 0 Å². The zero-order valence-electron chi connectivity index (χ0n) is 2.32. The number of rotatable bonds is 0. The van der Waals surface area contributed by atoms with Crippen molar-refractivity contribution < 1.29 is 61.3 Å². The summed E-state index contributed by atoms with van der Waals surface area (Å²) in [5, 5.41) is 8.12. The smallest absolute Gasteiger partial charge is 0.543 e. The topological polar surface area (TPSA) is 40.1 Å². The first-order valence-electron chi connectivity index (χ1n) is 0.408. The van der Waals surface area contributed by atoms with Crippen LogP contribution >= 0.6 is 0 Å². The van der Waals surface area contributed by atoms with Gasteiger partial charge < -0.3 is 9.90 Å². The Hall–Kier alpha value is 1.11. The van der Waals surface area contributed by atoms with Crippen LogP contribution in [0.3, 0.4) is 0 Å². The van der Waals surface area contributed by atoms with Gasteiger partial charge in [0.25, 0.3) is 0 Å². The van der Waals surface area contributed by atoms with E-state index in [0.717, 1.165) is 0 Å². The predicted molar refractivity (Wildman–Crippen MR) is 5.69 cm³/mol. The van der Waals surface area contributed by atoms with Crippen LogP contribution in [0.1, 0.15) is 0 Å². The van der Waals surface area contributed by atoms with Crippen LogP contribution in [-0.4, -0.2) is 6.47 Å². The van der Waals surface area contributed by atoms with Gasteiger partial charge in [-0.1, -0.05) is 0 Å².